The predicted octanol–water partition coefficient (Wildman–Crippen LogP) is 13.7. The molecule has 15 aliphatic rings. The number of nitrogens with zero attached hydrogens (tertiary/aromatic N) is 16. The normalized spacial score (nSPS) is 27.7. The van der Waals surface area contributed by atoms with Crippen LogP contribution in [0.3, 0.4) is 0 Å². The van der Waals surface area contributed by atoms with E-state index in [1.165, 1.54) is 83.1 Å². The number of likely N-dealkylation sites (tertiary alicyclic amines) is 2. The van der Waals surface area contributed by atoms with Crippen LogP contribution in [-0.4, -0.2) is 232 Å². The highest BCUT2D eigenvalue weighted by Crippen LogP contribution is 2.63. The van der Waals surface area contributed by atoms with E-state index in [0.717, 1.165) is 138 Å². The fourth-order valence-corrected chi connectivity index (χ4v) is 23.0. The van der Waals surface area contributed by atoms with Crippen molar-refractivity contribution in [3.8, 4) is 22.3 Å². The van der Waals surface area contributed by atoms with Crippen molar-refractivity contribution in [3.63, 3.8) is 0 Å². The van der Waals surface area contributed by atoms with Crippen LogP contribution in [-0.2, 0) is 41.8 Å². The molecule has 6 bridgehead atoms. The summed E-state index contributed by atoms with van der Waals surface area (Å²) in [7, 11) is 0. The first-order valence-electron chi connectivity index (χ1n) is 44.5. The number of hydrogen-bond acceptors (Lipinski definition) is 22. The number of benzene rings is 2. The molecule has 9 saturated heterocycles. The number of nitrogens with one attached hydrogen (secondary N) is 4. The van der Waals surface area contributed by atoms with Crippen LogP contribution < -0.4 is 21.3 Å². The largest absolute Gasteiger partial charge is 0.480 e. The number of aryl methyl sites for hydroxylation is 5. The lowest BCUT2D eigenvalue weighted by atomic mass is 9.71. The van der Waals surface area contributed by atoms with E-state index in [4.69, 9.17) is 9.84 Å². The minimum atomic E-state index is -1.01. The first-order valence-corrected chi connectivity index (χ1v) is 46.8. The van der Waals surface area contributed by atoms with Crippen molar-refractivity contribution in [2.75, 3.05) is 74.9 Å². The number of carboxylic acid groups (broad SMARTS) is 1. The first kappa shape index (κ1) is 87.9. The van der Waals surface area contributed by atoms with E-state index in [2.05, 4.69) is 129 Å². The Balaban J connectivity index is 0.000000120. The number of aliphatic carboxylic acids is 1. The summed E-state index contributed by atoms with van der Waals surface area (Å²) in [4.78, 5) is 145. The lowest BCUT2D eigenvalue weighted by Gasteiger charge is -2.48. The number of aromatic nitrogens is 11. The van der Waals surface area contributed by atoms with Gasteiger partial charge in [0.25, 0.3) is 0 Å². The Morgan fingerprint density at radius 2 is 0.850 bits per heavy atom. The van der Waals surface area contributed by atoms with Crippen molar-refractivity contribution in [1.82, 2.24) is 84.3 Å². The topological polar surface area (TPSA) is 356 Å². The number of carbonyl (C=O) groups is 8. The van der Waals surface area contributed by atoms with Gasteiger partial charge in [-0.2, -0.15) is 10.2 Å². The maximum absolute atomic E-state index is 14.3. The maximum atomic E-state index is 14.3. The number of carboxylic acids is 1. The number of fused-ring (bicyclic) bond motifs is 11. The number of amides is 5. The second-order valence-corrected chi connectivity index (χ2v) is 41.9. The van der Waals surface area contributed by atoms with Crippen LogP contribution in [0.4, 0.5) is 22.2 Å². The van der Waals surface area contributed by atoms with Gasteiger partial charge in [0.05, 0.1) is 17.1 Å². The number of ether oxygens (including phenoxy) is 1. The molecular weight excluding hydrogens is 1810 g/mol. The molecule has 2 aromatic carbocycles. The van der Waals surface area contributed by atoms with E-state index in [1.807, 2.05) is 120 Å². The van der Waals surface area contributed by atoms with Crippen LogP contribution in [0, 0.1) is 86.4 Å². The zero-order chi connectivity index (χ0) is 89.2. The molecule has 5 amide bonds. The summed E-state index contributed by atoms with van der Waals surface area (Å²) < 4.78 is 10.7. The predicted molar refractivity (Wildman–Crippen MR) is 488 cm³/mol. The van der Waals surface area contributed by atoms with Crippen molar-refractivity contribution in [2.24, 2.45) is 51.8 Å². The number of hydrogen-bond donors (Lipinski definition) is 5. The van der Waals surface area contributed by atoms with Crippen molar-refractivity contribution in [1.29, 1.82) is 0 Å². The summed E-state index contributed by atoms with van der Waals surface area (Å²) in [6.07, 6.45) is 20.2. The average molecular weight is 1920 g/mol. The molecule has 6 unspecified atom stereocenters. The Hall–Kier alpha value is -9.77. The SMILES string of the molecule is CC(=O)c1nn(CC(=O)N2C3CC3(CN3CC4CC(C4)C3)C[C@H]2C(=O)Nc2nc(Br)ccc2C)c2ccc(-c3cnc(C)nc3)cc12.CC(=O)c1nn(CC(=O)O)c2ccc(-c3cnc(C)nc3)cc12.Cc1ccc(Br)nc1NC(=O)[C@@H]1CC2(CN3CC4CC(C4)C3)CC2N1.Cc1ccc(Br)nc1NC(=O)[C@@H]1CC2(CN3CC4CC(C4)C3)CC2N1C(=O)OC(C)(C)C. The number of carbonyl (C=O) groups excluding carboxylic acids is 7. The van der Waals surface area contributed by atoms with Crippen LogP contribution >= 0.6 is 47.8 Å². The fourth-order valence-electron chi connectivity index (χ4n) is 22.1. The van der Waals surface area contributed by atoms with Gasteiger partial charge in [-0.3, -0.25) is 47.8 Å². The van der Waals surface area contributed by atoms with Crippen molar-refractivity contribution >= 4 is 134 Å². The Kier molecular flexibility index (Phi) is 23.9. The van der Waals surface area contributed by atoms with Gasteiger partial charge in [-0.1, -0.05) is 30.3 Å². The second kappa shape index (κ2) is 34.6. The number of pyridine rings is 3. The fraction of sp³-hybridized carbons (Fsp3) is 0.521. The molecule has 0 radical (unpaired) electrons. The molecule has 30 nitrogen and oxygen atoms in total. The summed E-state index contributed by atoms with van der Waals surface area (Å²) in [6.45, 7) is 27.7. The Bertz CT molecular complexity index is 5840. The highest BCUT2D eigenvalue weighted by atomic mass is 79.9. The summed E-state index contributed by atoms with van der Waals surface area (Å²) in [6, 6.07) is 21.8. The molecule has 16 heterocycles. The number of ketones is 2. The molecule has 6 saturated carbocycles. The third kappa shape index (κ3) is 18.6. The van der Waals surface area contributed by atoms with Crippen LogP contribution in [0.15, 0.2) is 111 Å². The highest BCUT2D eigenvalue weighted by Gasteiger charge is 2.70. The van der Waals surface area contributed by atoms with Gasteiger partial charge in [0.1, 0.15) is 85.1 Å². The molecular formula is C94H109Br3N20O10. The Labute approximate surface area is 762 Å². The molecule has 33 heteroatoms. The standard InChI is InChI=1S/C35H37BrN8O3.C24H33BrN4O3.C19H25BrN4O.C16H14N4O3/c1-19-4-7-30(36)39-33(19)40-34(47)28-11-35(18-42-15-22-8-23(9-22)16-42)12-29(35)44(28)31(46)17-43-27-6-5-24(25-13-37-21(3)38-14-25)10-26(27)32(41-43)20(2)45;1-14-5-6-19(25)26-20(14)27-21(30)17-9-24(13-28-11-15-7-16(8-15)12-28)10-18(24)29(17)22(31)32-23(2,3)4;1-11-2-3-16(20)22-17(11)23-18(25)14-6-19(7-15(19)21-14)10-24-8-12-4-13(5-12)9-24;1-9(21)16-13-5-11(12-6-17-10(2)18-7-12)3-4-14(13)20(19-16)8-15(22)23/h4-7,10,13-14,22-23,28-29H,8-9,11-12,15-18H2,1-3H3,(H,39,40,47);5-6,15-18H,7-13H2,1-4H3,(H,26,27,30);2-3,12-15,21H,4-10H2,1H3,(H,22,23,25);3-7H,8H2,1-2H3,(H,22,23)/t22?,23?,28-,29?,35?;15?,16?,17-,18?,24?;12?,13?,14-,15?,19?;/m000./s1. The number of anilines is 3. The van der Waals surface area contributed by atoms with Gasteiger partial charge >= 0.3 is 12.1 Å². The molecule has 9 aliphatic heterocycles. The van der Waals surface area contributed by atoms with Crippen molar-refractivity contribution in [2.45, 2.75) is 201 Å². The monoisotopic (exact) mass is 1910 g/mol. The summed E-state index contributed by atoms with van der Waals surface area (Å²) in [5.74, 6) is 6.25. The van der Waals surface area contributed by atoms with Gasteiger partial charge in [-0.15, -0.1) is 0 Å². The molecule has 6 aliphatic carbocycles. The number of halogens is 3. The summed E-state index contributed by atoms with van der Waals surface area (Å²) in [5, 5.41) is 31.6. The Morgan fingerprint density at radius 3 is 1.24 bits per heavy atom. The van der Waals surface area contributed by atoms with Crippen LogP contribution in [0.5, 0.6) is 0 Å². The molecule has 15 fully saturated rings. The lowest BCUT2D eigenvalue weighted by Crippen LogP contribution is -2.50. The van der Waals surface area contributed by atoms with Gasteiger partial charge in [0, 0.05) is 154 Å². The van der Waals surface area contributed by atoms with Gasteiger partial charge in [0.15, 0.2) is 11.6 Å². The molecule has 24 rings (SSSR count). The molecule has 7 aromatic heterocycles. The van der Waals surface area contributed by atoms with Crippen LogP contribution in [0.2, 0.25) is 0 Å². The van der Waals surface area contributed by atoms with E-state index in [-0.39, 0.29) is 89.0 Å². The van der Waals surface area contributed by atoms with Crippen molar-refractivity contribution in [3.05, 3.63) is 151 Å². The molecule has 9 atom stereocenters. The van der Waals surface area contributed by atoms with E-state index < -0.39 is 23.7 Å². The summed E-state index contributed by atoms with van der Waals surface area (Å²) in [5.41, 5.74) is 7.57. The number of Topliss-reactive ketones (excluding diaryl/α,β-unsaturated/α-hetero) is 2. The first-order chi connectivity index (χ1) is 60.5. The average Bonchev–Trinajstić information content (AvgIpc) is 1.53. The molecule has 0 spiro atoms. The van der Waals surface area contributed by atoms with Gasteiger partial charge in [-0.05, 0) is 286 Å². The van der Waals surface area contributed by atoms with Crippen LogP contribution in [0.1, 0.15) is 161 Å². The Morgan fingerprint density at radius 1 is 0.472 bits per heavy atom. The molecule has 9 aromatic rings. The van der Waals surface area contributed by atoms with Crippen molar-refractivity contribution < 1.29 is 48.2 Å². The quantitative estimate of drug-likeness (QED) is 0.0349. The number of piperidine rings is 9. The number of rotatable bonds is 20. The van der Waals surface area contributed by atoms with E-state index in [1.54, 1.807) is 47.4 Å². The molecule has 127 heavy (non-hydrogen) atoms. The van der Waals surface area contributed by atoms with E-state index in [9.17, 15) is 38.4 Å². The van der Waals surface area contributed by atoms with E-state index in [0.29, 0.717) is 90.1 Å². The zero-order valence-electron chi connectivity index (χ0n) is 73.3. The van der Waals surface area contributed by atoms with Gasteiger partial charge < -0.3 is 50.7 Å². The minimum Gasteiger partial charge on any atom is -0.480 e. The molecule has 666 valence electrons. The third-order valence-corrected chi connectivity index (χ3v) is 29.8. The molecule has 5 N–H and O–H groups in total. The van der Waals surface area contributed by atoms with Gasteiger partial charge in [0.2, 0.25) is 23.6 Å². The lowest BCUT2D eigenvalue weighted by molar-refractivity contribution is -0.138. The second-order valence-electron chi connectivity index (χ2n) is 39.4. The van der Waals surface area contributed by atoms with E-state index >= 15 is 0 Å². The zero-order valence-corrected chi connectivity index (χ0v) is 78.1. The maximum Gasteiger partial charge on any atom is 0.411 e. The van der Waals surface area contributed by atoms with Crippen LogP contribution in [0.25, 0.3) is 44.1 Å². The smallest absolute Gasteiger partial charge is 0.411 e. The minimum absolute atomic E-state index is 0.00242. The summed E-state index contributed by atoms with van der Waals surface area (Å²) >= 11 is 10.2. The van der Waals surface area contributed by atoms with Gasteiger partial charge in [-0.25, -0.2) is 39.7 Å². The third-order valence-electron chi connectivity index (χ3n) is 28.4. The highest BCUT2D eigenvalue weighted by molar-refractivity contribution is 9.11.